The van der Waals surface area contributed by atoms with Crippen molar-refractivity contribution in [2.75, 3.05) is 13.1 Å². The van der Waals surface area contributed by atoms with Crippen molar-refractivity contribution < 1.29 is 9.18 Å². The number of aromatic amines is 1. The molecular formula is C24H22FN5O2. The number of pyridine rings is 1. The predicted molar refractivity (Wildman–Crippen MR) is 119 cm³/mol. The summed E-state index contributed by atoms with van der Waals surface area (Å²) in [5, 5.41) is 7.55. The Labute approximate surface area is 183 Å². The molecule has 0 saturated carbocycles. The van der Waals surface area contributed by atoms with Gasteiger partial charge in [-0.1, -0.05) is 31.2 Å². The van der Waals surface area contributed by atoms with Gasteiger partial charge >= 0.3 is 5.69 Å². The zero-order chi connectivity index (χ0) is 22.2. The third kappa shape index (κ3) is 3.57. The van der Waals surface area contributed by atoms with Crippen LogP contribution in [-0.4, -0.2) is 43.6 Å². The molecule has 0 atom stereocenters. The first-order valence-corrected chi connectivity index (χ1v) is 10.6. The summed E-state index contributed by atoms with van der Waals surface area (Å²) in [4.78, 5) is 30.3. The van der Waals surface area contributed by atoms with Gasteiger partial charge in [-0.25, -0.2) is 18.9 Å². The number of carbonyl (C=O) groups is 1. The molecule has 4 aromatic rings. The van der Waals surface area contributed by atoms with Crippen molar-refractivity contribution in [3.63, 3.8) is 0 Å². The van der Waals surface area contributed by atoms with Crippen LogP contribution in [-0.2, 0) is 11.2 Å². The Morgan fingerprint density at radius 1 is 1.16 bits per heavy atom. The lowest BCUT2D eigenvalue weighted by Crippen LogP contribution is -2.50. The van der Waals surface area contributed by atoms with Crippen LogP contribution in [0.3, 0.4) is 0 Å². The molecule has 1 fully saturated rings. The van der Waals surface area contributed by atoms with Gasteiger partial charge in [0.15, 0.2) is 0 Å². The Kier molecular flexibility index (Phi) is 5.05. The van der Waals surface area contributed by atoms with Gasteiger partial charge in [0.2, 0.25) is 5.91 Å². The summed E-state index contributed by atoms with van der Waals surface area (Å²) in [5.74, 6) is 0.271. The van der Waals surface area contributed by atoms with Crippen LogP contribution < -0.4 is 5.69 Å². The summed E-state index contributed by atoms with van der Waals surface area (Å²) in [7, 11) is 0. The highest BCUT2D eigenvalue weighted by atomic mass is 19.1. The molecule has 7 nitrogen and oxygen atoms in total. The van der Waals surface area contributed by atoms with Crippen molar-refractivity contribution in [2.45, 2.75) is 19.8 Å². The summed E-state index contributed by atoms with van der Waals surface area (Å²) < 4.78 is 16.4. The number of rotatable bonds is 5. The van der Waals surface area contributed by atoms with Crippen molar-refractivity contribution in [1.82, 2.24) is 24.6 Å². The van der Waals surface area contributed by atoms with E-state index in [9.17, 15) is 9.59 Å². The first kappa shape index (κ1) is 20.1. The van der Waals surface area contributed by atoms with E-state index in [2.05, 4.69) is 15.2 Å². The molecule has 1 aliphatic rings. The number of halogens is 1. The maximum atomic E-state index is 15.2. The summed E-state index contributed by atoms with van der Waals surface area (Å²) in [6, 6.07) is 14.5. The number of likely N-dealkylation sites (tertiary alicyclic amines) is 1. The topological polar surface area (TPSA) is 83.9 Å². The molecule has 162 valence electrons. The van der Waals surface area contributed by atoms with Crippen molar-refractivity contribution in [1.29, 1.82) is 0 Å². The first-order valence-electron chi connectivity index (χ1n) is 10.6. The minimum absolute atomic E-state index is 0.117. The third-order valence-electron chi connectivity index (χ3n) is 5.95. The first-order chi connectivity index (χ1) is 15.5. The highest BCUT2D eigenvalue weighted by Crippen LogP contribution is 2.27. The lowest BCUT2D eigenvalue weighted by Gasteiger charge is -2.39. The molecule has 8 heteroatoms. The Morgan fingerprint density at radius 3 is 2.72 bits per heavy atom. The monoisotopic (exact) mass is 431 g/mol. The molecule has 1 N–H and O–H groups in total. The summed E-state index contributed by atoms with van der Waals surface area (Å²) in [5.41, 5.74) is 2.05. The van der Waals surface area contributed by atoms with Crippen LogP contribution in [0.1, 0.15) is 19.2 Å². The molecule has 0 bridgehead atoms. The van der Waals surface area contributed by atoms with Gasteiger partial charge in [-0.15, -0.1) is 0 Å². The zero-order valence-electron chi connectivity index (χ0n) is 17.6. The maximum absolute atomic E-state index is 15.2. The van der Waals surface area contributed by atoms with E-state index in [1.165, 1.54) is 10.6 Å². The molecule has 1 amide bonds. The predicted octanol–water partition coefficient (Wildman–Crippen LogP) is 3.33. The molecule has 2 aromatic heterocycles. The van der Waals surface area contributed by atoms with E-state index < -0.39 is 11.5 Å². The summed E-state index contributed by atoms with van der Waals surface area (Å²) >= 11 is 0. The van der Waals surface area contributed by atoms with Crippen LogP contribution in [0.4, 0.5) is 4.39 Å². The van der Waals surface area contributed by atoms with Crippen LogP contribution in [0.5, 0.6) is 0 Å². The summed E-state index contributed by atoms with van der Waals surface area (Å²) in [6.45, 7) is 3.10. The quantitative estimate of drug-likeness (QED) is 0.525. The maximum Gasteiger partial charge on any atom is 0.348 e. The van der Waals surface area contributed by atoms with Crippen LogP contribution in [0.2, 0.25) is 0 Å². The average Bonchev–Trinajstić information content (AvgIpc) is 3.14. The highest BCUT2D eigenvalue weighted by molar-refractivity contribution is 5.84. The number of amides is 1. The van der Waals surface area contributed by atoms with Crippen molar-refractivity contribution >= 4 is 16.8 Å². The van der Waals surface area contributed by atoms with Crippen LogP contribution in [0.25, 0.3) is 27.7 Å². The molecule has 0 spiro atoms. The smallest absolute Gasteiger partial charge is 0.342 e. The molecule has 0 unspecified atom stereocenters. The molecule has 32 heavy (non-hydrogen) atoms. The van der Waals surface area contributed by atoms with E-state index in [-0.39, 0.29) is 17.5 Å². The minimum atomic E-state index is -0.509. The molecule has 2 aromatic carbocycles. The van der Waals surface area contributed by atoms with E-state index >= 15 is 4.39 Å². The molecular weight excluding hydrogens is 409 g/mol. The molecule has 0 aliphatic carbocycles. The Hall–Kier alpha value is -3.81. The molecule has 3 heterocycles. The Morgan fingerprint density at radius 2 is 1.94 bits per heavy atom. The van der Waals surface area contributed by atoms with Crippen molar-refractivity contribution in [2.24, 2.45) is 5.92 Å². The largest absolute Gasteiger partial charge is 0.348 e. The van der Waals surface area contributed by atoms with Crippen LogP contribution in [0.15, 0.2) is 59.5 Å². The van der Waals surface area contributed by atoms with Gasteiger partial charge in [0.1, 0.15) is 11.6 Å². The molecule has 1 saturated heterocycles. The number of aromatic nitrogens is 4. The molecule has 0 radical (unpaired) electrons. The second-order valence-corrected chi connectivity index (χ2v) is 8.08. The van der Waals surface area contributed by atoms with Gasteiger partial charge in [-0.05, 0) is 35.4 Å². The van der Waals surface area contributed by atoms with Gasteiger partial charge in [-0.3, -0.25) is 9.78 Å². The number of nitrogens with zero attached hydrogens (tertiary/aromatic N) is 4. The third-order valence-corrected chi connectivity index (χ3v) is 5.95. The van der Waals surface area contributed by atoms with E-state index in [0.29, 0.717) is 37.3 Å². The van der Waals surface area contributed by atoms with Gasteiger partial charge in [0.25, 0.3) is 0 Å². The van der Waals surface area contributed by atoms with Gasteiger partial charge in [0, 0.05) is 43.4 Å². The fourth-order valence-corrected chi connectivity index (χ4v) is 4.21. The number of nitrogens with one attached hydrogen (secondary N) is 1. The van der Waals surface area contributed by atoms with Crippen LogP contribution >= 0.6 is 0 Å². The number of H-pyrrole nitrogens is 1. The van der Waals surface area contributed by atoms with E-state index in [4.69, 9.17) is 0 Å². The van der Waals surface area contributed by atoms with E-state index in [1.54, 1.807) is 23.2 Å². The molecule has 1 aliphatic heterocycles. The van der Waals surface area contributed by atoms with Crippen LogP contribution in [0, 0.1) is 11.7 Å². The standard InChI is InChI=1S/C24H22FN5O2/c1-2-23(31)29-13-15(14-29)10-22-27-28-24(32)30(22)21-8-7-17(11-19(21)25)18-6-5-16-4-3-9-26-20(16)12-18/h3-9,11-12,15H,2,10,13-14H2,1H3,(H,28,32). The normalized spacial score (nSPS) is 14.0. The second-order valence-electron chi connectivity index (χ2n) is 8.08. The zero-order valence-corrected chi connectivity index (χ0v) is 17.6. The fourth-order valence-electron chi connectivity index (χ4n) is 4.21. The number of hydrogen-bond donors (Lipinski definition) is 1. The molecule has 5 rings (SSSR count). The van der Waals surface area contributed by atoms with Gasteiger partial charge in [0.05, 0.1) is 11.2 Å². The minimum Gasteiger partial charge on any atom is -0.342 e. The number of hydrogen-bond acceptors (Lipinski definition) is 4. The van der Waals surface area contributed by atoms with E-state index in [0.717, 1.165) is 16.5 Å². The Balaban J connectivity index is 1.42. The van der Waals surface area contributed by atoms with Gasteiger partial charge in [-0.2, -0.15) is 5.10 Å². The fraction of sp³-hybridized carbons (Fsp3) is 0.250. The highest BCUT2D eigenvalue weighted by Gasteiger charge is 2.31. The second kappa shape index (κ2) is 8.03. The summed E-state index contributed by atoms with van der Waals surface area (Å²) in [6.07, 6.45) is 2.69. The van der Waals surface area contributed by atoms with Crippen molar-refractivity contribution in [3.8, 4) is 16.8 Å². The number of carbonyl (C=O) groups excluding carboxylic acids is 1. The SMILES string of the molecule is CCC(=O)N1CC(Cc2n[nH]c(=O)n2-c2ccc(-c3ccc4cccnc4c3)cc2F)C1. The van der Waals surface area contributed by atoms with E-state index in [1.807, 2.05) is 37.3 Å². The lowest BCUT2D eigenvalue weighted by atomic mass is 9.95. The number of benzene rings is 2. The number of fused-ring (bicyclic) bond motifs is 1. The average molecular weight is 431 g/mol. The van der Waals surface area contributed by atoms with Gasteiger partial charge < -0.3 is 4.90 Å². The van der Waals surface area contributed by atoms with Crippen molar-refractivity contribution in [3.05, 3.63) is 76.9 Å². The lowest BCUT2D eigenvalue weighted by molar-refractivity contribution is -0.137. The Bertz CT molecular complexity index is 1370.